The molecular weight excluding hydrogens is 246 g/mol. The fraction of sp³-hybridized carbons (Fsp3) is 0.786. The van der Waals surface area contributed by atoms with Gasteiger partial charge in [-0.25, -0.2) is 0 Å². The maximum Gasteiger partial charge on any atom is 0.0762 e. The predicted octanol–water partition coefficient (Wildman–Crippen LogP) is 3.49. The minimum Gasteiger partial charge on any atom is -0.307 e. The van der Waals surface area contributed by atoms with E-state index < -0.39 is 0 Å². The molecule has 1 fully saturated rings. The van der Waals surface area contributed by atoms with Gasteiger partial charge in [-0.2, -0.15) is 5.10 Å². The predicted molar refractivity (Wildman–Crippen MR) is 76.0 cm³/mol. The number of rotatable bonds is 5. The lowest BCUT2D eigenvalue weighted by molar-refractivity contribution is 0.375. The first-order valence-electron chi connectivity index (χ1n) is 7.12. The molecule has 3 nitrogen and oxygen atoms in total. The molecule has 3 unspecified atom stereocenters. The van der Waals surface area contributed by atoms with Crippen molar-refractivity contribution in [3.8, 4) is 0 Å². The summed E-state index contributed by atoms with van der Waals surface area (Å²) in [5.74, 6) is 0. The first kappa shape index (κ1) is 13.9. The molecule has 1 aromatic heterocycles. The standard InChI is InChI=1S/C14H24ClN3/c1-3-11(2)18-9-8-12(17-18)10-16-14-7-5-4-6-13(14)15/h8-9,11,13-14,16H,3-7,10H2,1-2H3. The van der Waals surface area contributed by atoms with Gasteiger partial charge in [0.05, 0.1) is 5.69 Å². The Morgan fingerprint density at radius 3 is 3.00 bits per heavy atom. The number of hydrogen-bond acceptors (Lipinski definition) is 2. The van der Waals surface area contributed by atoms with E-state index >= 15 is 0 Å². The zero-order chi connectivity index (χ0) is 13.0. The number of halogens is 1. The number of alkyl halides is 1. The molecule has 102 valence electrons. The van der Waals surface area contributed by atoms with Crippen LogP contribution in [0.1, 0.15) is 57.7 Å². The maximum atomic E-state index is 6.34. The summed E-state index contributed by atoms with van der Waals surface area (Å²) in [7, 11) is 0. The van der Waals surface area contributed by atoms with Crippen molar-refractivity contribution in [1.29, 1.82) is 0 Å². The molecule has 1 N–H and O–H groups in total. The van der Waals surface area contributed by atoms with Gasteiger partial charge < -0.3 is 5.32 Å². The van der Waals surface area contributed by atoms with Crippen LogP contribution < -0.4 is 5.32 Å². The van der Waals surface area contributed by atoms with Gasteiger partial charge in [0.25, 0.3) is 0 Å². The van der Waals surface area contributed by atoms with Gasteiger partial charge in [0.2, 0.25) is 0 Å². The molecule has 1 aromatic rings. The molecule has 18 heavy (non-hydrogen) atoms. The van der Waals surface area contributed by atoms with Crippen molar-refractivity contribution in [2.45, 2.75) is 70.0 Å². The summed E-state index contributed by atoms with van der Waals surface area (Å²) in [6.45, 7) is 5.21. The van der Waals surface area contributed by atoms with E-state index in [0.717, 1.165) is 25.1 Å². The van der Waals surface area contributed by atoms with E-state index in [1.807, 2.05) is 0 Å². The average Bonchev–Trinajstić information content (AvgIpc) is 2.86. The quantitative estimate of drug-likeness (QED) is 0.830. The van der Waals surface area contributed by atoms with Gasteiger partial charge in [0, 0.05) is 30.2 Å². The summed E-state index contributed by atoms with van der Waals surface area (Å²) >= 11 is 6.34. The van der Waals surface area contributed by atoms with E-state index in [1.54, 1.807) is 0 Å². The molecule has 1 saturated carbocycles. The molecule has 3 atom stereocenters. The molecule has 1 aliphatic carbocycles. The second-order valence-corrected chi connectivity index (χ2v) is 5.89. The van der Waals surface area contributed by atoms with Crippen LogP contribution in [0.25, 0.3) is 0 Å². The summed E-state index contributed by atoms with van der Waals surface area (Å²) in [6.07, 6.45) is 8.09. The molecule has 2 rings (SSSR count). The van der Waals surface area contributed by atoms with Crippen LogP contribution in [-0.4, -0.2) is 21.2 Å². The van der Waals surface area contributed by atoms with E-state index in [9.17, 15) is 0 Å². The molecule has 0 amide bonds. The Kier molecular flexibility index (Phi) is 5.07. The lowest BCUT2D eigenvalue weighted by Gasteiger charge is -2.27. The molecule has 4 heteroatoms. The van der Waals surface area contributed by atoms with Crippen LogP contribution in [0.15, 0.2) is 12.3 Å². The van der Waals surface area contributed by atoms with Crippen LogP contribution in [0.5, 0.6) is 0 Å². The first-order valence-corrected chi connectivity index (χ1v) is 7.55. The Labute approximate surface area is 115 Å². The smallest absolute Gasteiger partial charge is 0.0762 e. The molecule has 0 saturated heterocycles. The van der Waals surface area contributed by atoms with Gasteiger partial charge in [0.15, 0.2) is 0 Å². The van der Waals surface area contributed by atoms with Crippen molar-refractivity contribution in [2.75, 3.05) is 0 Å². The highest BCUT2D eigenvalue weighted by Gasteiger charge is 2.22. The molecule has 0 aromatic carbocycles. The lowest BCUT2D eigenvalue weighted by Crippen LogP contribution is -2.38. The third-order valence-corrected chi connectivity index (χ3v) is 4.46. The van der Waals surface area contributed by atoms with Gasteiger partial charge >= 0.3 is 0 Å². The Balaban J connectivity index is 1.84. The second kappa shape index (κ2) is 6.58. The monoisotopic (exact) mass is 269 g/mol. The molecule has 0 aliphatic heterocycles. The van der Waals surface area contributed by atoms with Crippen molar-refractivity contribution in [3.05, 3.63) is 18.0 Å². The van der Waals surface area contributed by atoms with Crippen LogP contribution in [0.2, 0.25) is 0 Å². The molecule has 0 spiro atoms. The minimum atomic E-state index is 0.287. The normalized spacial score (nSPS) is 26.2. The van der Waals surface area contributed by atoms with Crippen molar-refractivity contribution < 1.29 is 0 Å². The number of hydrogen-bond donors (Lipinski definition) is 1. The molecule has 1 heterocycles. The fourth-order valence-electron chi connectivity index (χ4n) is 2.46. The Morgan fingerprint density at radius 2 is 2.28 bits per heavy atom. The van der Waals surface area contributed by atoms with Gasteiger partial charge in [-0.05, 0) is 32.3 Å². The highest BCUT2D eigenvalue weighted by atomic mass is 35.5. The summed E-state index contributed by atoms with van der Waals surface area (Å²) in [5, 5.41) is 8.44. The van der Waals surface area contributed by atoms with Crippen molar-refractivity contribution in [1.82, 2.24) is 15.1 Å². The molecular formula is C14H24ClN3. The summed E-state index contributed by atoms with van der Waals surface area (Å²) < 4.78 is 2.05. The number of aromatic nitrogens is 2. The van der Waals surface area contributed by atoms with Crippen LogP contribution in [0.4, 0.5) is 0 Å². The van der Waals surface area contributed by atoms with Crippen LogP contribution in [-0.2, 0) is 6.54 Å². The minimum absolute atomic E-state index is 0.287. The topological polar surface area (TPSA) is 29.9 Å². The Morgan fingerprint density at radius 1 is 1.50 bits per heavy atom. The third kappa shape index (κ3) is 3.48. The molecule has 0 bridgehead atoms. The number of nitrogens with one attached hydrogen (secondary N) is 1. The summed E-state index contributed by atoms with van der Waals surface area (Å²) in [5.41, 5.74) is 1.12. The third-order valence-electron chi connectivity index (χ3n) is 3.93. The van der Waals surface area contributed by atoms with E-state index in [4.69, 9.17) is 11.6 Å². The van der Waals surface area contributed by atoms with Crippen molar-refractivity contribution in [3.63, 3.8) is 0 Å². The van der Waals surface area contributed by atoms with Crippen LogP contribution in [0, 0.1) is 0 Å². The van der Waals surface area contributed by atoms with E-state index in [1.165, 1.54) is 19.3 Å². The highest BCUT2D eigenvalue weighted by Crippen LogP contribution is 2.23. The fourth-order valence-corrected chi connectivity index (χ4v) is 2.82. The zero-order valence-corrected chi connectivity index (χ0v) is 12.2. The highest BCUT2D eigenvalue weighted by molar-refractivity contribution is 6.21. The summed E-state index contributed by atoms with van der Waals surface area (Å²) in [6, 6.07) is 3.04. The first-order chi connectivity index (χ1) is 8.70. The van der Waals surface area contributed by atoms with Crippen LogP contribution >= 0.6 is 11.6 Å². The second-order valence-electron chi connectivity index (χ2n) is 5.33. The van der Waals surface area contributed by atoms with E-state index in [2.05, 4.69) is 41.2 Å². The largest absolute Gasteiger partial charge is 0.307 e. The Hall–Kier alpha value is -0.540. The lowest BCUT2D eigenvalue weighted by atomic mass is 9.95. The summed E-state index contributed by atoms with van der Waals surface area (Å²) in [4.78, 5) is 0. The van der Waals surface area contributed by atoms with E-state index in [-0.39, 0.29) is 5.38 Å². The van der Waals surface area contributed by atoms with Crippen molar-refractivity contribution >= 4 is 11.6 Å². The SMILES string of the molecule is CCC(C)n1ccc(CNC2CCCCC2Cl)n1. The van der Waals surface area contributed by atoms with Gasteiger partial charge in [-0.3, -0.25) is 4.68 Å². The zero-order valence-electron chi connectivity index (χ0n) is 11.4. The molecule has 1 aliphatic rings. The molecule has 0 radical (unpaired) electrons. The Bertz CT molecular complexity index is 364. The maximum absolute atomic E-state index is 6.34. The van der Waals surface area contributed by atoms with E-state index in [0.29, 0.717) is 12.1 Å². The average molecular weight is 270 g/mol. The van der Waals surface area contributed by atoms with Gasteiger partial charge in [-0.1, -0.05) is 19.8 Å². The van der Waals surface area contributed by atoms with Crippen LogP contribution in [0.3, 0.4) is 0 Å². The van der Waals surface area contributed by atoms with Gasteiger partial charge in [-0.15, -0.1) is 11.6 Å². The number of nitrogens with zero attached hydrogens (tertiary/aromatic N) is 2. The van der Waals surface area contributed by atoms with Crippen molar-refractivity contribution in [2.24, 2.45) is 0 Å². The van der Waals surface area contributed by atoms with Gasteiger partial charge in [0.1, 0.15) is 0 Å².